The van der Waals surface area contributed by atoms with Crippen molar-refractivity contribution >= 4 is 5.69 Å². The molecule has 0 spiro atoms. The molecule has 2 aromatic carbocycles. The molecule has 0 aliphatic carbocycles. The molecule has 1 atom stereocenters. The lowest BCUT2D eigenvalue weighted by Gasteiger charge is -2.13. The van der Waals surface area contributed by atoms with Gasteiger partial charge < -0.3 is 15.2 Å². The Balaban J connectivity index is 1.92. The summed E-state index contributed by atoms with van der Waals surface area (Å²) in [5, 5.41) is 13.3. The van der Waals surface area contributed by atoms with Crippen LogP contribution in [0.4, 0.5) is 5.69 Å². The Bertz CT molecular complexity index is 505. The van der Waals surface area contributed by atoms with Crippen LogP contribution in [0.1, 0.15) is 17.2 Å². The van der Waals surface area contributed by atoms with Gasteiger partial charge in [-0.15, -0.1) is 0 Å². The molecule has 0 aliphatic rings. The molecule has 2 rings (SSSR count). The standard InChI is InChI=1S/C16H19NO2/c1-12-3-5-13(6-4-12)16(18)11-17-14-7-9-15(19-2)10-8-14/h3-10,16-18H,11H2,1-2H3. The van der Waals surface area contributed by atoms with Crippen LogP contribution in [-0.4, -0.2) is 18.8 Å². The first-order valence-electron chi connectivity index (χ1n) is 6.31. The first kappa shape index (κ1) is 13.4. The van der Waals surface area contributed by atoms with Gasteiger partial charge in [0.1, 0.15) is 5.75 Å². The quantitative estimate of drug-likeness (QED) is 0.864. The van der Waals surface area contributed by atoms with E-state index in [1.54, 1.807) is 7.11 Å². The van der Waals surface area contributed by atoms with Crippen molar-refractivity contribution in [3.63, 3.8) is 0 Å². The third-order valence-corrected chi connectivity index (χ3v) is 3.05. The van der Waals surface area contributed by atoms with Crippen LogP contribution in [0, 0.1) is 6.92 Å². The highest BCUT2D eigenvalue weighted by atomic mass is 16.5. The monoisotopic (exact) mass is 257 g/mol. The van der Waals surface area contributed by atoms with E-state index in [1.807, 2.05) is 55.5 Å². The molecular formula is C16H19NO2. The van der Waals surface area contributed by atoms with Gasteiger partial charge in [0, 0.05) is 12.2 Å². The normalized spacial score (nSPS) is 11.9. The molecule has 2 aromatic rings. The van der Waals surface area contributed by atoms with E-state index in [0.717, 1.165) is 17.0 Å². The van der Waals surface area contributed by atoms with E-state index in [-0.39, 0.29) is 0 Å². The van der Waals surface area contributed by atoms with Gasteiger partial charge in [0.2, 0.25) is 0 Å². The van der Waals surface area contributed by atoms with Crippen LogP contribution in [0.15, 0.2) is 48.5 Å². The fourth-order valence-electron chi connectivity index (χ4n) is 1.83. The topological polar surface area (TPSA) is 41.5 Å². The van der Waals surface area contributed by atoms with Gasteiger partial charge in [0.25, 0.3) is 0 Å². The molecule has 0 amide bonds. The van der Waals surface area contributed by atoms with E-state index in [0.29, 0.717) is 6.54 Å². The molecule has 0 bridgehead atoms. The molecule has 1 unspecified atom stereocenters. The van der Waals surface area contributed by atoms with Gasteiger partial charge in [-0.05, 0) is 36.8 Å². The summed E-state index contributed by atoms with van der Waals surface area (Å²) < 4.78 is 5.10. The number of hydrogen-bond donors (Lipinski definition) is 2. The summed E-state index contributed by atoms with van der Waals surface area (Å²) in [5.41, 5.74) is 3.08. The molecule has 0 saturated heterocycles. The zero-order valence-electron chi connectivity index (χ0n) is 11.3. The fraction of sp³-hybridized carbons (Fsp3) is 0.250. The predicted octanol–water partition coefficient (Wildman–Crippen LogP) is 3.15. The maximum Gasteiger partial charge on any atom is 0.119 e. The van der Waals surface area contributed by atoms with Gasteiger partial charge in [-0.1, -0.05) is 29.8 Å². The molecule has 2 N–H and O–H groups in total. The number of aliphatic hydroxyl groups is 1. The van der Waals surface area contributed by atoms with Gasteiger partial charge in [-0.25, -0.2) is 0 Å². The molecule has 0 radical (unpaired) electrons. The number of ether oxygens (including phenoxy) is 1. The Morgan fingerprint density at radius 2 is 1.68 bits per heavy atom. The van der Waals surface area contributed by atoms with Crippen LogP contribution in [0.5, 0.6) is 5.75 Å². The lowest BCUT2D eigenvalue weighted by Crippen LogP contribution is -2.12. The molecule has 0 heterocycles. The summed E-state index contributed by atoms with van der Waals surface area (Å²) in [6, 6.07) is 15.6. The second kappa shape index (κ2) is 6.25. The molecule has 19 heavy (non-hydrogen) atoms. The number of aliphatic hydroxyl groups excluding tert-OH is 1. The van der Waals surface area contributed by atoms with Crippen molar-refractivity contribution in [2.45, 2.75) is 13.0 Å². The zero-order valence-corrected chi connectivity index (χ0v) is 11.3. The zero-order chi connectivity index (χ0) is 13.7. The number of rotatable bonds is 5. The van der Waals surface area contributed by atoms with Crippen LogP contribution in [-0.2, 0) is 0 Å². The molecule has 0 fully saturated rings. The minimum atomic E-state index is -0.511. The van der Waals surface area contributed by atoms with E-state index in [9.17, 15) is 5.11 Å². The van der Waals surface area contributed by atoms with Crippen LogP contribution >= 0.6 is 0 Å². The van der Waals surface area contributed by atoms with Crippen molar-refractivity contribution in [1.29, 1.82) is 0 Å². The summed E-state index contributed by atoms with van der Waals surface area (Å²) >= 11 is 0. The van der Waals surface area contributed by atoms with Crippen molar-refractivity contribution in [2.24, 2.45) is 0 Å². The highest BCUT2D eigenvalue weighted by molar-refractivity contribution is 5.46. The summed E-state index contributed by atoms with van der Waals surface area (Å²) in [5.74, 6) is 0.824. The van der Waals surface area contributed by atoms with Gasteiger partial charge >= 0.3 is 0 Å². The number of anilines is 1. The maximum atomic E-state index is 10.1. The second-order valence-electron chi connectivity index (χ2n) is 4.54. The first-order chi connectivity index (χ1) is 9.19. The number of aryl methyl sites for hydroxylation is 1. The Hall–Kier alpha value is -2.00. The number of nitrogens with one attached hydrogen (secondary N) is 1. The Morgan fingerprint density at radius 3 is 2.26 bits per heavy atom. The number of hydrogen-bond acceptors (Lipinski definition) is 3. The van der Waals surface area contributed by atoms with E-state index in [4.69, 9.17) is 4.74 Å². The third kappa shape index (κ3) is 3.73. The lowest BCUT2D eigenvalue weighted by molar-refractivity contribution is 0.191. The largest absolute Gasteiger partial charge is 0.497 e. The predicted molar refractivity (Wildman–Crippen MR) is 77.6 cm³/mol. The first-order valence-corrected chi connectivity index (χ1v) is 6.31. The van der Waals surface area contributed by atoms with E-state index < -0.39 is 6.10 Å². The van der Waals surface area contributed by atoms with Crippen molar-refractivity contribution in [1.82, 2.24) is 0 Å². The van der Waals surface area contributed by atoms with Crippen LogP contribution in [0.2, 0.25) is 0 Å². The van der Waals surface area contributed by atoms with Gasteiger partial charge in [-0.3, -0.25) is 0 Å². The van der Waals surface area contributed by atoms with Gasteiger partial charge in [-0.2, -0.15) is 0 Å². The molecule has 0 aromatic heterocycles. The highest BCUT2D eigenvalue weighted by Gasteiger charge is 2.06. The molecule has 0 saturated carbocycles. The van der Waals surface area contributed by atoms with Crippen molar-refractivity contribution < 1.29 is 9.84 Å². The maximum absolute atomic E-state index is 10.1. The molecular weight excluding hydrogens is 238 g/mol. The average Bonchev–Trinajstić information content (AvgIpc) is 2.46. The molecule has 100 valence electrons. The molecule has 3 heteroatoms. The Kier molecular flexibility index (Phi) is 4.42. The SMILES string of the molecule is COc1ccc(NCC(O)c2ccc(C)cc2)cc1. The Labute approximate surface area is 113 Å². The van der Waals surface area contributed by atoms with Crippen molar-refractivity contribution in [2.75, 3.05) is 19.0 Å². The van der Waals surface area contributed by atoms with E-state index >= 15 is 0 Å². The van der Waals surface area contributed by atoms with Crippen molar-refractivity contribution in [3.05, 3.63) is 59.7 Å². The van der Waals surface area contributed by atoms with Gasteiger partial charge in [0.15, 0.2) is 0 Å². The van der Waals surface area contributed by atoms with E-state index in [2.05, 4.69) is 5.32 Å². The summed E-state index contributed by atoms with van der Waals surface area (Å²) in [6.07, 6.45) is -0.511. The van der Waals surface area contributed by atoms with Crippen molar-refractivity contribution in [3.8, 4) is 5.75 Å². The molecule has 0 aliphatic heterocycles. The third-order valence-electron chi connectivity index (χ3n) is 3.05. The highest BCUT2D eigenvalue weighted by Crippen LogP contribution is 2.18. The summed E-state index contributed by atoms with van der Waals surface area (Å²) in [7, 11) is 1.64. The molecule has 3 nitrogen and oxygen atoms in total. The number of benzene rings is 2. The summed E-state index contributed by atoms with van der Waals surface area (Å²) in [6.45, 7) is 2.52. The van der Waals surface area contributed by atoms with Crippen LogP contribution < -0.4 is 10.1 Å². The smallest absolute Gasteiger partial charge is 0.119 e. The minimum absolute atomic E-state index is 0.482. The fourth-order valence-corrected chi connectivity index (χ4v) is 1.83. The summed E-state index contributed by atoms with van der Waals surface area (Å²) in [4.78, 5) is 0. The number of methoxy groups -OCH3 is 1. The van der Waals surface area contributed by atoms with Crippen LogP contribution in [0.25, 0.3) is 0 Å². The Morgan fingerprint density at radius 1 is 1.05 bits per heavy atom. The average molecular weight is 257 g/mol. The lowest BCUT2D eigenvalue weighted by atomic mass is 10.1. The van der Waals surface area contributed by atoms with E-state index in [1.165, 1.54) is 5.56 Å². The van der Waals surface area contributed by atoms with Crippen LogP contribution in [0.3, 0.4) is 0 Å². The minimum Gasteiger partial charge on any atom is -0.497 e. The van der Waals surface area contributed by atoms with Gasteiger partial charge in [0.05, 0.1) is 13.2 Å². The second-order valence-corrected chi connectivity index (χ2v) is 4.54.